The molecular weight excluding hydrogens is 490 g/mol. The lowest BCUT2D eigenvalue weighted by Crippen LogP contribution is -2.18. The average molecular weight is 508 g/mol. The van der Waals surface area contributed by atoms with Gasteiger partial charge < -0.3 is 10.6 Å². The van der Waals surface area contributed by atoms with Gasteiger partial charge in [0.05, 0.1) is 23.3 Å². The zero-order chi connectivity index (χ0) is 25.9. The van der Waals surface area contributed by atoms with Gasteiger partial charge in [-0.1, -0.05) is 6.07 Å². The second-order valence-corrected chi connectivity index (χ2v) is 7.61. The van der Waals surface area contributed by atoms with Crippen molar-refractivity contribution in [3.63, 3.8) is 0 Å². The Labute approximate surface area is 200 Å². The molecule has 4 rings (SSSR count). The molecule has 0 atom stereocenters. The Balaban J connectivity index is 1.69. The molecule has 0 saturated carbocycles. The van der Waals surface area contributed by atoms with Crippen molar-refractivity contribution in [1.82, 2.24) is 19.7 Å². The molecule has 0 saturated heterocycles. The van der Waals surface area contributed by atoms with E-state index >= 15 is 0 Å². The normalized spacial score (nSPS) is 16.2. The van der Waals surface area contributed by atoms with Crippen LogP contribution in [0.4, 0.5) is 37.7 Å². The lowest BCUT2D eigenvalue weighted by atomic mass is 10.1. The molecule has 188 valence electrons. The van der Waals surface area contributed by atoms with E-state index in [4.69, 9.17) is 0 Å². The van der Waals surface area contributed by atoms with Gasteiger partial charge in [-0.25, -0.2) is 9.98 Å². The highest BCUT2D eigenvalue weighted by Crippen LogP contribution is 2.30. The number of hydrogen-bond donors (Lipinski definition) is 2. The van der Waals surface area contributed by atoms with Crippen molar-refractivity contribution in [3.05, 3.63) is 77.9 Å². The summed E-state index contributed by atoms with van der Waals surface area (Å²) in [6.45, 7) is 0. The minimum atomic E-state index is -4.63. The van der Waals surface area contributed by atoms with Crippen molar-refractivity contribution in [2.24, 2.45) is 17.0 Å². The van der Waals surface area contributed by atoms with E-state index in [1.54, 1.807) is 19.3 Å². The van der Waals surface area contributed by atoms with Gasteiger partial charge in [0.1, 0.15) is 17.2 Å². The fourth-order valence-corrected chi connectivity index (χ4v) is 3.21. The maximum atomic E-state index is 13.2. The predicted octanol–water partition coefficient (Wildman–Crippen LogP) is 5.25. The summed E-state index contributed by atoms with van der Waals surface area (Å²) >= 11 is 0. The molecule has 0 fully saturated rings. The lowest BCUT2D eigenvalue weighted by molar-refractivity contribution is -0.141. The van der Waals surface area contributed by atoms with Gasteiger partial charge in [0.15, 0.2) is 0 Å². The highest BCUT2D eigenvalue weighted by molar-refractivity contribution is 6.09. The molecular formula is C22H18F6N8. The molecule has 0 bridgehead atoms. The third-order valence-electron chi connectivity index (χ3n) is 4.81. The van der Waals surface area contributed by atoms with Gasteiger partial charge in [0.2, 0.25) is 5.96 Å². The Kier molecular flexibility index (Phi) is 6.77. The molecule has 1 aliphatic rings. The highest BCUT2D eigenvalue weighted by atomic mass is 19.4. The van der Waals surface area contributed by atoms with E-state index < -0.39 is 23.7 Å². The summed E-state index contributed by atoms with van der Waals surface area (Å²) in [4.78, 5) is 15.8. The molecule has 14 heteroatoms. The number of hydrogen-bond acceptors (Lipinski definition) is 7. The van der Waals surface area contributed by atoms with Crippen LogP contribution in [0, 0.1) is 0 Å². The lowest BCUT2D eigenvalue weighted by Gasteiger charge is -2.15. The smallest absolute Gasteiger partial charge is 0.340 e. The largest absolute Gasteiger partial charge is 0.433 e. The topological polar surface area (TPSA) is 92.4 Å². The van der Waals surface area contributed by atoms with Crippen molar-refractivity contribution < 1.29 is 26.3 Å². The van der Waals surface area contributed by atoms with Crippen LogP contribution in [0.25, 0.3) is 0 Å². The molecule has 0 aliphatic carbocycles. The number of guanidine groups is 1. The number of aromatic nitrogens is 4. The first-order valence-corrected chi connectivity index (χ1v) is 10.4. The van der Waals surface area contributed by atoms with Crippen molar-refractivity contribution in [1.29, 1.82) is 0 Å². The molecule has 0 amide bonds. The first-order valence-electron chi connectivity index (χ1n) is 10.4. The van der Waals surface area contributed by atoms with Gasteiger partial charge in [-0.2, -0.15) is 36.4 Å². The van der Waals surface area contributed by atoms with Crippen LogP contribution in [0.5, 0.6) is 0 Å². The van der Waals surface area contributed by atoms with Crippen molar-refractivity contribution in [2.75, 3.05) is 10.6 Å². The van der Waals surface area contributed by atoms with Crippen LogP contribution in [-0.2, 0) is 19.4 Å². The molecule has 3 aromatic rings. The van der Waals surface area contributed by atoms with Crippen LogP contribution in [-0.4, -0.2) is 31.4 Å². The van der Waals surface area contributed by atoms with Crippen LogP contribution < -0.4 is 10.6 Å². The summed E-state index contributed by atoms with van der Waals surface area (Å²) in [5.41, 5.74) is -1.28. The number of rotatable bonds is 4. The van der Waals surface area contributed by atoms with Gasteiger partial charge in [-0.15, -0.1) is 0 Å². The summed E-state index contributed by atoms with van der Waals surface area (Å²) in [6.07, 6.45) is -3.07. The molecule has 0 radical (unpaired) electrons. The minimum Gasteiger partial charge on any atom is -0.340 e. The van der Waals surface area contributed by atoms with Crippen molar-refractivity contribution in [2.45, 2.75) is 25.2 Å². The zero-order valence-electron chi connectivity index (χ0n) is 18.6. The molecule has 3 aromatic heterocycles. The Morgan fingerprint density at radius 3 is 2.39 bits per heavy atom. The Hall–Kier alpha value is -4.23. The number of nitrogens with one attached hydrogen (secondary N) is 2. The van der Waals surface area contributed by atoms with Crippen LogP contribution in [0.2, 0.25) is 0 Å². The first-order chi connectivity index (χ1) is 17.0. The molecule has 0 aromatic carbocycles. The third kappa shape index (κ3) is 6.25. The van der Waals surface area contributed by atoms with Gasteiger partial charge in [0.25, 0.3) is 0 Å². The first kappa shape index (κ1) is 24.9. The summed E-state index contributed by atoms with van der Waals surface area (Å²) in [6, 6.07) is 5.70. The number of alkyl halides is 6. The predicted molar refractivity (Wildman–Crippen MR) is 120 cm³/mol. The summed E-state index contributed by atoms with van der Waals surface area (Å²) in [5.74, 6) is 0.154. The third-order valence-corrected chi connectivity index (χ3v) is 4.81. The molecule has 0 unspecified atom stereocenters. The van der Waals surface area contributed by atoms with E-state index in [1.165, 1.54) is 29.1 Å². The Bertz CT molecular complexity index is 1340. The van der Waals surface area contributed by atoms with Gasteiger partial charge >= 0.3 is 12.4 Å². The van der Waals surface area contributed by atoms with Crippen LogP contribution >= 0.6 is 0 Å². The van der Waals surface area contributed by atoms with E-state index in [-0.39, 0.29) is 41.7 Å². The van der Waals surface area contributed by atoms with Gasteiger partial charge in [-0.05, 0) is 43.2 Å². The second kappa shape index (κ2) is 9.79. The monoisotopic (exact) mass is 508 g/mol. The highest BCUT2D eigenvalue weighted by Gasteiger charge is 2.33. The number of aliphatic imine (C=N–C) groups is 2. The average Bonchev–Trinajstić information content (AvgIpc) is 3.20. The number of anilines is 2. The number of halogens is 6. The summed E-state index contributed by atoms with van der Waals surface area (Å²) < 4.78 is 80.1. The molecule has 36 heavy (non-hydrogen) atoms. The maximum Gasteiger partial charge on any atom is 0.433 e. The number of aryl methyl sites for hydroxylation is 1. The fourth-order valence-electron chi connectivity index (χ4n) is 3.21. The van der Waals surface area contributed by atoms with E-state index in [0.717, 1.165) is 18.3 Å². The molecule has 8 nitrogen and oxygen atoms in total. The molecule has 1 aliphatic heterocycles. The Morgan fingerprint density at radius 1 is 0.917 bits per heavy atom. The van der Waals surface area contributed by atoms with Gasteiger partial charge in [-0.3, -0.25) is 9.67 Å². The van der Waals surface area contributed by atoms with E-state index in [1.807, 2.05) is 0 Å². The van der Waals surface area contributed by atoms with E-state index in [2.05, 4.69) is 35.7 Å². The van der Waals surface area contributed by atoms with Crippen molar-refractivity contribution in [3.8, 4) is 0 Å². The van der Waals surface area contributed by atoms with E-state index in [9.17, 15) is 26.3 Å². The van der Waals surface area contributed by atoms with Gasteiger partial charge in [0, 0.05) is 25.1 Å². The quantitative estimate of drug-likeness (QED) is 0.470. The Morgan fingerprint density at radius 2 is 1.69 bits per heavy atom. The molecule has 4 heterocycles. The summed E-state index contributed by atoms with van der Waals surface area (Å²) in [5, 5.41) is 9.76. The summed E-state index contributed by atoms with van der Waals surface area (Å²) in [7, 11) is 1.68. The number of nitrogens with zero attached hydrogens (tertiary/aromatic N) is 6. The van der Waals surface area contributed by atoms with Crippen molar-refractivity contribution >= 4 is 23.0 Å². The number of allylic oxidation sites excluding steroid dienone is 1. The molecule has 2 N–H and O–H groups in total. The van der Waals surface area contributed by atoms with Crippen LogP contribution in [0.15, 0.2) is 70.8 Å². The fraction of sp³-hybridized carbons (Fsp3) is 0.227. The standard InChI is InChI=1S/C22H18F6N8/c1-36-12-14(11-30-36)32-20-34-16(15-4-2-6-17(33-15)21(23,24)25)5-3-7-19(35-20)31-13-8-9-29-18(10-13)22(26,27)28/h2,4,6-12H,3,5H2,1H3,(H,29,31)(H,32,35)/b19-7-,34-16?. The maximum absolute atomic E-state index is 13.2. The SMILES string of the molecule is Cn1cc(NC2=N/C(Nc3ccnc(C(F)(F)F)c3)=C\CCC(c3cccc(C(F)(F)F)n3)=N2)cn1. The zero-order valence-corrected chi connectivity index (χ0v) is 18.6. The van der Waals surface area contributed by atoms with Crippen LogP contribution in [0.3, 0.4) is 0 Å². The second-order valence-electron chi connectivity index (χ2n) is 7.61. The molecule has 0 spiro atoms. The van der Waals surface area contributed by atoms with E-state index in [0.29, 0.717) is 5.69 Å². The van der Waals surface area contributed by atoms with Crippen LogP contribution in [0.1, 0.15) is 29.9 Å². The number of pyridine rings is 2. The minimum absolute atomic E-state index is 0.0271.